The predicted molar refractivity (Wildman–Crippen MR) is 436 cm³/mol. The molecule has 0 aromatic rings. The van der Waals surface area contributed by atoms with Gasteiger partial charge in [0.05, 0.1) is 26.4 Å². The third-order valence-corrected chi connectivity index (χ3v) is 18.1. The van der Waals surface area contributed by atoms with E-state index in [0.29, 0.717) is 38.5 Å². The van der Waals surface area contributed by atoms with Gasteiger partial charge in [-0.3, -0.25) is 37.3 Å². The predicted octanol–water partition coefficient (Wildman–Crippen LogP) is 23.8. The first-order chi connectivity index (χ1) is 51.7. The fourth-order valence-corrected chi connectivity index (χ4v) is 11.6. The summed E-state index contributed by atoms with van der Waals surface area (Å²) >= 11 is 0. The summed E-state index contributed by atoms with van der Waals surface area (Å²) in [5.41, 5.74) is 0. The van der Waals surface area contributed by atoms with Crippen molar-refractivity contribution in [3.8, 4) is 0 Å². The first-order valence-electron chi connectivity index (χ1n) is 40.4. The highest BCUT2D eigenvalue weighted by Crippen LogP contribution is 2.45. The summed E-state index contributed by atoms with van der Waals surface area (Å²) < 4.78 is 68.5. The molecule has 0 aromatic carbocycles. The average molecular weight is 1520 g/mol. The molecule has 0 fully saturated rings. The maximum absolute atomic E-state index is 13.1. The number of carbonyl (C=O) groups is 4. The number of hydrogen-bond donors (Lipinski definition) is 3. The van der Waals surface area contributed by atoms with E-state index in [9.17, 15) is 43.2 Å². The number of ether oxygens (including phenoxy) is 4. The Balaban J connectivity index is 5.47. The second-order valence-corrected chi connectivity index (χ2v) is 29.1. The van der Waals surface area contributed by atoms with Gasteiger partial charge >= 0.3 is 39.5 Å². The topological polar surface area (TPSA) is 237 Å². The van der Waals surface area contributed by atoms with Gasteiger partial charge in [0.2, 0.25) is 0 Å². The van der Waals surface area contributed by atoms with Crippen molar-refractivity contribution in [2.24, 2.45) is 0 Å². The van der Waals surface area contributed by atoms with Gasteiger partial charge in [0.1, 0.15) is 19.3 Å². The van der Waals surface area contributed by atoms with Gasteiger partial charge in [-0.05, 0) is 167 Å². The lowest BCUT2D eigenvalue weighted by Crippen LogP contribution is -2.30. The van der Waals surface area contributed by atoms with E-state index in [4.69, 9.17) is 37.0 Å². The molecule has 0 aliphatic heterocycles. The van der Waals surface area contributed by atoms with E-state index in [1.165, 1.54) is 44.9 Å². The van der Waals surface area contributed by atoms with Crippen molar-refractivity contribution in [3.05, 3.63) is 170 Å². The van der Waals surface area contributed by atoms with E-state index in [-0.39, 0.29) is 25.7 Å². The minimum absolute atomic E-state index is 0.0284. The second-order valence-electron chi connectivity index (χ2n) is 26.2. The van der Waals surface area contributed by atoms with Gasteiger partial charge in [0.15, 0.2) is 12.2 Å². The zero-order valence-corrected chi connectivity index (χ0v) is 67.6. The Labute approximate surface area is 642 Å². The molecular formula is C87H142O17P2. The van der Waals surface area contributed by atoms with Crippen LogP contribution in [0.1, 0.15) is 297 Å². The number of aliphatic hydroxyl groups excluding tert-OH is 1. The summed E-state index contributed by atoms with van der Waals surface area (Å²) in [6.45, 7) is 4.43. The molecule has 0 saturated carbocycles. The number of phosphoric acid groups is 2. The maximum Gasteiger partial charge on any atom is 0.472 e. The minimum Gasteiger partial charge on any atom is -0.462 e. The van der Waals surface area contributed by atoms with Crippen LogP contribution in [0.25, 0.3) is 0 Å². The fourth-order valence-electron chi connectivity index (χ4n) is 10.1. The Morgan fingerprint density at radius 2 is 0.509 bits per heavy atom. The smallest absolute Gasteiger partial charge is 0.462 e. The molecule has 3 N–H and O–H groups in total. The summed E-state index contributed by atoms with van der Waals surface area (Å²) in [5, 5.41) is 10.6. The first kappa shape index (κ1) is 100. The molecule has 0 bridgehead atoms. The van der Waals surface area contributed by atoms with Gasteiger partial charge in [0, 0.05) is 25.7 Å². The lowest BCUT2D eigenvalue weighted by molar-refractivity contribution is -0.161. The zero-order valence-electron chi connectivity index (χ0n) is 65.8. The number of aliphatic hydroxyl groups is 1. The van der Waals surface area contributed by atoms with Crippen LogP contribution in [0.5, 0.6) is 0 Å². The number of phosphoric ester groups is 2. The van der Waals surface area contributed by atoms with Crippen LogP contribution >= 0.6 is 15.6 Å². The van der Waals surface area contributed by atoms with Gasteiger partial charge in [-0.1, -0.05) is 275 Å². The Bertz CT molecular complexity index is 2680. The van der Waals surface area contributed by atoms with Crippen LogP contribution in [0.15, 0.2) is 170 Å². The minimum atomic E-state index is -5.01. The molecule has 19 heteroatoms. The van der Waals surface area contributed by atoms with Crippen LogP contribution < -0.4 is 0 Å². The molecule has 0 aromatic heterocycles. The quantitative estimate of drug-likeness (QED) is 0.0169. The zero-order chi connectivity index (χ0) is 77.4. The number of allylic oxidation sites excluding steroid dienone is 28. The van der Waals surface area contributed by atoms with Crippen LogP contribution in [0.2, 0.25) is 0 Å². The molecule has 0 aliphatic rings. The second kappa shape index (κ2) is 77.6. The molecular weight excluding hydrogens is 1380 g/mol. The monoisotopic (exact) mass is 1520 g/mol. The van der Waals surface area contributed by atoms with Crippen LogP contribution in [0.3, 0.4) is 0 Å². The van der Waals surface area contributed by atoms with Crippen molar-refractivity contribution in [3.63, 3.8) is 0 Å². The summed E-state index contributed by atoms with van der Waals surface area (Å²) in [6, 6.07) is 0. The average Bonchev–Trinajstić information content (AvgIpc) is 0.901. The number of esters is 4. The first-order valence-corrected chi connectivity index (χ1v) is 43.4. The maximum atomic E-state index is 13.1. The van der Waals surface area contributed by atoms with Gasteiger partial charge in [0.25, 0.3) is 0 Å². The van der Waals surface area contributed by atoms with E-state index in [2.05, 4.69) is 180 Å². The highest BCUT2D eigenvalue weighted by molar-refractivity contribution is 7.47. The fraction of sp³-hybridized carbons (Fsp3) is 0.632. The normalized spacial score (nSPS) is 14.7. The standard InChI is InChI=1S/C87H142O17P2/c1-5-9-13-17-21-25-29-33-36-38-40-42-45-48-51-55-59-63-67-71-84(89)97-77-82(103-86(91)73-69-65-61-57-53-47-32-28-24-20-16-12-8-4)79-101-105(93,94)99-75-81(88)76-100-106(95,96)102-80-83(104-87(92)74-70-66-62-58-54-50-44-35-31-27-23-19-15-11-7-3)78-98-85(90)72-68-64-60-56-52-49-46-43-41-39-37-34-30-26-22-18-14-10-6-2/h9,11,13,15,21-23,25-28,32-37,40-44,48,51,54,58-59,63,81-83,88H,5-8,10,12,14,16-20,24,29-31,38-39,45-47,49-50,52-53,55-57,60-62,64-80H2,1-4H3,(H,93,94)(H,95,96)/b13-9-,15-11-,25-21-,26-22-,27-23-,32-28-,36-33-,37-34-,42-40-,43-41-,44-35-,51-48-,58-54-,63-59-. The molecule has 0 amide bonds. The molecule has 0 rings (SSSR count). The summed E-state index contributed by atoms with van der Waals surface area (Å²) in [7, 11) is -10.0. The van der Waals surface area contributed by atoms with Crippen LogP contribution in [0.4, 0.5) is 0 Å². The Hall–Kier alpha value is -5.58. The van der Waals surface area contributed by atoms with Crippen molar-refractivity contribution < 1.29 is 80.2 Å². The Kier molecular flexibility index (Phi) is 73.5. The molecule has 106 heavy (non-hydrogen) atoms. The van der Waals surface area contributed by atoms with Gasteiger partial charge in [-0.15, -0.1) is 0 Å². The molecule has 602 valence electrons. The van der Waals surface area contributed by atoms with Crippen LogP contribution in [-0.2, 0) is 65.4 Å². The molecule has 0 radical (unpaired) electrons. The van der Waals surface area contributed by atoms with Crippen molar-refractivity contribution in [2.45, 2.75) is 316 Å². The van der Waals surface area contributed by atoms with Crippen molar-refractivity contribution in [2.75, 3.05) is 39.6 Å². The highest BCUT2D eigenvalue weighted by atomic mass is 31.2. The number of carbonyl (C=O) groups excluding carboxylic acids is 4. The molecule has 0 aliphatic carbocycles. The highest BCUT2D eigenvalue weighted by Gasteiger charge is 2.30. The van der Waals surface area contributed by atoms with E-state index in [0.717, 1.165) is 161 Å². The summed E-state index contributed by atoms with van der Waals surface area (Å²) in [4.78, 5) is 73.0. The van der Waals surface area contributed by atoms with Crippen LogP contribution in [-0.4, -0.2) is 96.7 Å². The SMILES string of the molecule is CC/C=C\C/C=C\C/C=C\C/C=C\C/C=C\C/C=C\CCC(=O)OCC(COP(=O)(O)OCC(O)COP(=O)(O)OCC(COC(=O)CCCCCCCC/C=C\C/C=C\C/C=C\CCCCC)OC(=O)CCCC/C=C\C/C=C\C/C=C\C/C=C\CC)OC(=O)CCCCCCC/C=C\CCCCCC. The van der Waals surface area contributed by atoms with Gasteiger partial charge < -0.3 is 33.8 Å². The van der Waals surface area contributed by atoms with Crippen molar-refractivity contribution in [1.82, 2.24) is 0 Å². The molecule has 5 unspecified atom stereocenters. The third-order valence-electron chi connectivity index (χ3n) is 16.2. The summed E-state index contributed by atoms with van der Waals surface area (Å²) in [6.07, 6.45) is 92.1. The molecule has 0 spiro atoms. The lowest BCUT2D eigenvalue weighted by Gasteiger charge is -2.21. The number of rotatable bonds is 74. The van der Waals surface area contributed by atoms with E-state index < -0.39 is 97.5 Å². The van der Waals surface area contributed by atoms with Crippen molar-refractivity contribution in [1.29, 1.82) is 0 Å². The molecule has 17 nitrogen and oxygen atoms in total. The summed E-state index contributed by atoms with van der Waals surface area (Å²) in [5.74, 6) is -2.36. The Morgan fingerprint density at radius 3 is 0.858 bits per heavy atom. The van der Waals surface area contributed by atoms with E-state index in [1.807, 2.05) is 18.2 Å². The van der Waals surface area contributed by atoms with E-state index >= 15 is 0 Å². The Morgan fingerprint density at radius 1 is 0.274 bits per heavy atom. The number of hydrogen-bond acceptors (Lipinski definition) is 15. The van der Waals surface area contributed by atoms with E-state index in [1.54, 1.807) is 0 Å². The molecule has 0 saturated heterocycles. The molecule has 0 heterocycles. The van der Waals surface area contributed by atoms with Gasteiger partial charge in [-0.25, -0.2) is 9.13 Å². The van der Waals surface area contributed by atoms with Crippen LogP contribution in [0, 0.1) is 0 Å². The lowest BCUT2D eigenvalue weighted by atomic mass is 10.1. The largest absolute Gasteiger partial charge is 0.472 e. The third kappa shape index (κ3) is 76.6. The van der Waals surface area contributed by atoms with Crippen molar-refractivity contribution >= 4 is 39.5 Å². The molecule has 5 atom stereocenters. The number of unbranched alkanes of at least 4 members (excludes halogenated alkanes) is 20. The van der Waals surface area contributed by atoms with Gasteiger partial charge in [-0.2, -0.15) is 0 Å².